The standard InChI is InChI=1S/C10H18O3/c1-9(2)6-4-5-7-10(9,3)13-8(11)12/h4-7H2,1-3H3,(H,11,12). The Morgan fingerprint density at radius 1 is 1.23 bits per heavy atom. The van der Waals surface area contributed by atoms with Gasteiger partial charge in [0.1, 0.15) is 5.60 Å². The number of rotatable bonds is 1. The van der Waals surface area contributed by atoms with Gasteiger partial charge in [0.05, 0.1) is 0 Å². The summed E-state index contributed by atoms with van der Waals surface area (Å²) in [5.74, 6) is 0. The van der Waals surface area contributed by atoms with Gasteiger partial charge in [0.25, 0.3) is 0 Å². The van der Waals surface area contributed by atoms with Gasteiger partial charge in [-0.2, -0.15) is 0 Å². The molecule has 0 radical (unpaired) electrons. The maximum absolute atomic E-state index is 10.5. The quantitative estimate of drug-likeness (QED) is 0.640. The summed E-state index contributed by atoms with van der Waals surface area (Å²) in [5.41, 5.74) is -0.541. The zero-order chi connectivity index (χ0) is 10.1. The molecule has 3 heteroatoms. The third kappa shape index (κ3) is 1.95. The molecule has 1 atom stereocenters. The van der Waals surface area contributed by atoms with Crippen molar-refractivity contribution in [2.24, 2.45) is 5.41 Å². The molecule has 1 rings (SSSR count). The van der Waals surface area contributed by atoms with E-state index in [9.17, 15) is 4.79 Å². The van der Waals surface area contributed by atoms with Crippen LogP contribution in [0.25, 0.3) is 0 Å². The second kappa shape index (κ2) is 3.20. The van der Waals surface area contributed by atoms with Crippen LogP contribution in [0, 0.1) is 5.41 Å². The molecule has 76 valence electrons. The molecule has 13 heavy (non-hydrogen) atoms. The lowest BCUT2D eigenvalue weighted by molar-refractivity contribution is -0.104. The van der Waals surface area contributed by atoms with Crippen LogP contribution >= 0.6 is 0 Å². The van der Waals surface area contributed by atoms with E-state index in [1.165, 1.54) is 6.42 Å². The Kier molecular flexibility index (Phi) is 2.55. The minimum absolute atomic E-state index is 0.0381. The molecule has 0 heterocycles. The Hall–Kier alpha value is -0.730. The molecule has 1 aliphatic rings. The van der Waals surface area contributed by atoms with Crippen LogP contribution in [0.15, 0.2) is 0 Å². The molecule has 0 aromatic carbocycles. The highest BCUT2D eigenvalue weighted by Crippen LogP contribution is 2.45. The van der Waals surface area contributed by atoms with Crippen molar-refractivity contribution in [3.63, 3.8) is 0 Å². The second-order valence-corrected chi connectivity index (χ2v) is 4.69. The Morgan fingerprint density at radius 3 is 2.23 bits per heavy atom. The molecule has 1 fully saturated rings. The van der Waals surface area contributed by atoms with Crippen LogP contribution in [0.3, 0.4) is 0 Å². The number of hydrogen-bond donors (Lipinski definition) is 1. The summed E-state index contributed by atoms with van der Waals surface area (Å²) in [4.78, 5) is 10.5. The number of hydrogen-bond acceptors (Lipinski definition) is 2. The van der Waals surface area contributed by atoms with Crippen molar-refractivity contribution < 1.29 is 14.6 Å². The van der Waals surface area contributed by atoms with E-state index in [1.54, 1.807) is 0 Å². The van der Waals surface area contributed by atoms with E-state index >= 15 is 0 Å². The van der Waals surface area contributed by atoms with Gasteiger partial charge in [0, 0.05) is 5.41 Å². The van der Waals surface area contributed by atoms with E-state index in [0.717, 1.165) is 19.3 Å². The maximum atomic E-state index is 10.5. The van der Waals surface area contributed by atoms with Crippen molar-refractivity contribution in [1.82, 2.24) is 0 Å². The van der Waals surface area contributed by atoms with Crippen molar-refractivity contribution in [2.45, 2.75) is 52.1 Å². The fraction of sp³-hybridized carbons (Fsp3) is 0.900. The van der Waals surface area contributed by atoms with E-state index in [4.69, 9.17) is 9.84 Å². The average Bonchev–Trinajstić information content (AvgIpc) is 1.94. The zero-order valence-electron chi connectivity index (χ0n) is 8.59. The summed E-state index contributed by atoms with van der Waals surface area (Å²) >= 11 is 0. The van der Waals surface area contributed by atoms with Crippen LogP contribution in [0.4, 0.5) is 4.79 Å². The highest BCUT2D eigenvalue weighted by atomic mass is 16.7. The average molecular weight is 186 g/mol. The molecule has 1 saturated carbocycles. The van der Waals surface area contributed by atoms with Gasteiger partial charge in [-0.1, -0.05) is 20.3 Å². The molecule has 0 spiro atoms. The molecule has 0 amide bonds. The summed E-state index contributed by atoms with van der Waals surface area (Å²) in [6, 6.07) is 0. The van der Waals surface area contributed by atoms with Crippen LogP contribution in [0.1, 0.15) is 46.5 Å². The van der Waals surface area contributed by atoms with Gasteiger partial charge in [0.2, 0.25) is 0 Å². The summed E-state index contributed by atoms with van der Waals surface area (Å²) in [6.45, 7) is 6.06. The van der Waals surface area contributed by atoms with Gasteiger partial charge in [-0.05, 0) is 26.2 Å². The molecular formula is C10H18O3. The van der Waals surface area contributed by atoms with Crippen molar-refractivity contribution in [2.75, 3.05) is 0 Å². The molecular weight excluding hydrogens is 168 g/mol. The number of ether oxygens (including phenoxy) is 1. The van der Waals surface area contributed by atoms with Crippen molar-refractivity contribution >= 4 is 6.16 Å². The predicted molar refractivity (Wildman–Crippen MR) is 49.8 cm³/mol. The first-order chi connectivity index (χ1) is 5.87. The van der Waals surface area contributed by atoms with Gasteiger partial charge in [0.15, 0.2) is 0 Å². The molecule has 0 saturated heterocycles. The first-order valence-electron chi connectivity index (χ1n) is 4.79. The predicted octanol–water partition coefficient (Wildman–Crippen LogP) is 3.04. The molecule has 0 aliphatic heterocycles. The highest BCUT2D eigenvalue weighted by molar-refractivity contribution is 5.57. The Morgan fingerprint density at radius 2 is 1.77 bits per heavy atom. The van der Waals surface area contributed by atoms with E-state index in [-0.39, 0.29) is 5.41 Å². The SMILES string of the molecule is CC1(C)CCCCC1(C)OC(=O)O. The van der Waals surface area contributed by atoms with Gasteiger partial charge < -0.3 is 9.84 Å². The minimum Gasteiger partial charge on any atom is -0.450 e. The van der Waals surface area contributed by atoms with E-state index in [2.05, 4.69) is 13.8 Å². The maximum Gasteiger partial charge on any atom is 0.506 e. The third-order valence-electron chi connectivity index (χ3n) is 3.45. The van der Waals surface area contributed by atoms with E-state index in [0.29, 0.717) is 0 Å². The van der Waals surface area contributed by atoms with Gasteiger partial charge in [-0.15, -0.1) is 0 Å². The van der Waals surface area contributed by atoms with Crippen LogP contribution in [0.5, 0.6) is 0 Å². The Balaban J connectivity index is 2.77. The number of carbonyl (C=O) groups is 1. The topological polar surface area (TPSA) is 46.5 Å². The van der Waals surface area contributed by atoms with Crippen molar-refractivity contribution in [3.8, 4) is 0 Å². The minimum atomic E-state index is -1.16. The van der Waals surface area contributed by atoms with Crippen LogP contribution < -0.4 is 0 Å². The van der Waals surface area contributed by atoms with Crippen LogP contribution in [-0.4, -0.2) is 16.9 Å². The highest BCUT2D eigenvalue weighted by Gasteiger charge is 2.46. The van der Waals surface area contributed by atoms with Crippen molar-refractivity contribution in [1.29, 1.82) is 0 Å². The smallest absolute Gasteiger partial charge is 0.450 e. The summed E-state index contributed by atoms with van der Waals surface area (Å²) in [6.07, 6.45) is 2.96. The lowest BCUT2D eigenvalue weighted by atomic mass is 9.66. The second-order valence-electron chi connectivity index (χ2n) is 4.69. The first-order valence-corrected chi connectivity index (χ1v) is 4.79. The lowest BCUT2D eigenvalue weighted by Crippen LogP contribution is -2.47. The van der Waals surface area contributed by atoms with Gasteiger partial charge >= 0.3 is 6.16 Å². The largest absolute Gasteiger partial charge is 0.506 e. The fourth-order valence-electron chi connectivity index (χ4n) is 2.01. The Bertz CT molecular complexity index is 210. The molecule has 3 nitrogen and oxygen atoms in total. The summed E-state index contributed by atoms with van der Waals surface area (Å²) in [5, 5.41) is 8.64. The third-order valence-corrected chi connectivity index (χ3v) is 3.45. The van der Waals surface area contributed by atoms with Gasteiger partial charge in [-0.3, -0.25) is 0 Å². The molecule has 0 bridgehead atoms. The number of carboxylic acid groups (broad SMARTS) is 1. The zero-order valence-corrected chi connectivity index (χ0v) is 8.59. The molecule has 0 aromatic heterocycles. The molecule has 1 unspecified atom stereocenters. The normalized spacial score (nSPS) is 32.5. The van der Waals surface area contributed by atoms with E-state index in [1.807, 2.05) is 6.92 Å². The molecule has 1 N–H and O–H groups in total. The lowest BCUT2D eigenvalue weighted by Gasteiger charge is -2.46. The Labute approximate surface area is 79.1 Å². The van der Waals surface area contributed by atoms with Crippen LogP contribution in [-0.2, 0) is 4.74 Å². The van der Waals surface area contributed by atoms with E-state index < -0.39 is 11.8 Å². The molecule has 1 aliphatic carbocycles. The first kappa shape index (κ1) is 10.4. The summed E-state index contributed by atoms with van der Waals surface area (Å²) in [7, 11) is 0. The molecule has 0 aromatic rings. The van der Waals surface area contributed by atoms with Crippen LogP contribution in [0.2, 0.25) is 0 Å². The summed E-state index contributed by atoms with van der Waals surface area (Å²) < 4.78 is 5.01. The fourth-order valence-corrected chi connectivity index (χ4v) is 2.01. The van der Waals surface area contributed by atoms with Crippen molar-refractivity contribution in [3.05, 3.63) is 0 Å². The van der Waals surface area contributed by atoms with Gasteiger partial charge in [-0.25, -0.2) is 4.79 Å². The monoisotopic (exact) mass is 186 g/mol.